The van der Waals surface area contributed by atoms with Crippen LogP contribution in [0.25, 0.3) is 0 Å². The monoisotopic (exact) mass is 339 g/mol. The number of hydrogen-bond donors (Lipinski definition) is 3. The quantitative estimate of drug-likeness (QED) is 0.342. The molecule has 0 fully saturated rings. The molecule has 0 aromatic heterocycles. The van der Waals surface area contributed by atoms with E-state index in [-0.39, 0.29) is 4.47 Å². The number of oxime groups is 1. The predicted octanol–water partition coefficient (Wildman–Crippen LogP) is 2.54. The van der Waals surface area contributed by atoms with Crippen LogP contribution in [0.5, 0.6) is 0 Å². The summed E-state index contributed by atoms with van der Waals surface area (Å²) >= 11 is 2.92. The number of nitrogens with one attached hydrogen (secondary N) is 1. The van der Waals surface area contributed by atoms with Crippen LogP contribution in [-0.4, -0.2) is 17.0 Å². The molecular weight excluding hydrogens is 331 g/mol. The number of halogens is 4. The molecule has 0 aliphatic heterocycles. The Morgan fingerprint density at radius 2 is 2.11 bits per heavy atom. The van der Waals surface area contributed by atoms with Gasteiger partial charge in [-0.15, -0.1) is 0 Å². The lowest BCUT2D eigenvalue weighted by molar-refractivity contribution is -0.137. The zero-order chi connectivity index (χ0) is 14.6. The Balaban J connectivity index is 2.99. The summed E-state index contributed by atoms with van der Waals surface area (Å²) in [5.74, 6) is -1.22. The molecule has 9 heteroatoms. The Bertz CT molecular complexity index is 517. The summed E-state index contributed by atoms with van der Waals surface area (Å²) < 4.78 is 38.5. The summed E-state index contributed by atoms with van der Waals surface area (Å²) in [7, 11) is 0. The summed E-state index contributed by atoms with van der Waals surface area (Å²) in [5.41, 5.74) is 3.70. The Kier molecular flexibility index (Phi) is 4.76. The molecule has 1 aromatic carbocycles. The van der Waals surface area contributed by atoms with Crippen LogP contribution in [0, 0.1) is 0 Å². The first-order chi connectivity index (χ1) is 8.74. The molecular formula is C10H9BrF3N3O2. The van der Waals surface area contributed by atoms with Gasteiger partial charge in [0.1, 0.15) is 5.84 Å². The average Bonchev–Trinajstić information content (AvgIpc) is 2.29. The van der Waals surface area contributed by atoms with Crippen molar-refractivity contribution in [1.82, 2.24) is 0 Å². The Labute approximate surface area is 114 Å². The topological polar surface area (TPSA) is 87.7 Å². The first-order valence-electron chi connectivity index (χ1n) is 4.87. The van der Waals surface area contributed by atoms with Crippen molar-refractivity contribution in [2.45, 2.75) is 12.6 Å². The van der Waals surface area contributed by atoms with E-state index in [4.69, 9.17) is 10.9 Å². The van der Waals surface area contributed by atoms with E-state index in [0.717, 1.165) is 12.1 Å². The second-order valence-corrected chi connectivity index (χ2v) is 4.42. The van der Waals surface area contributed by atoms with Gasteiger partial charge in [-0.3, -0.25) is 4.79 Å². The van der Waals surface area contributed by atoms with Crippen molar-refractivity contribution in [3.8, 4) is 0 Å². The molecule has 0 saturated heterocycles. The standard InChI is InChI=1S/C10H9BrF3N3O2/c11-5-1-2-7(6(3-5)10(12,13)14)16-9(18)4-8(15)17-19/h1-3,19H,4H2,(H2,15,17)(H,16,18). The minimum Gasteiger partial charge on any atom is -0.409 e. The molecule has 1 aromatic rings. The molecule has 0 atom stereocenters. The van der Waals surface area contributed by atoms with Gasteiger partial charge < -0.3 is 16.3 Å². The van der Waals surface area contributed by atoms with Crippen LogP contribution in [-0.2, 0) is 11.0 Å². The minimum absolute atomic E-state index is 0.231. The number of nitrogens with zero attached hydrogens (tertiary/aromatic N) is 1. The van der Waals surface area contributed by atoms with E-state index < -0.39 is 35.6 Å². The van der Waals surface area contributed by atoms with E-state index in [0.29, 0.717) is 0 Å². The van der Waals surface area contributed by atoms with Crippen molar-refractivity contribution in [1.29, 1.82) is 0 Å². The normalized spacial score (nSPS) is 12.3. The maximum absolute atomic E-state index is 12.7. The maximum atomic E-state index is 12.7. The van der Waals surface area contributed by atoms with Gasteiger partial charge in [0.25, 0.3) is 0 Å². The average molecular weight is 340 g/mol. The number of anilines is 1. The number of amidine groups is 1. The third kappa shape index (κ3) is 4.43. The number of carbonyl (C=O) groups is 1. The second-order valence-electron chi connectivity index (χ2n) is 3.50. The zero-order valence-electron chi connectivity index (χ0n) is 9.33. The Morgan fingerprint density at radius 3 is 2.63 bits per heavy atom. The summed E-state index contributed by atoms with van der Waals surface area (Å²) in [4.78, 5) is 11.4. The van der Waals surface area contributed by atoms with Crippen LogP contribution in [0.1, 0.15) is 12.0 Å². The SMILES string of the molecule is N/C(CC(=O)Nc1ccc(Br)cc1C(F)(F)F)=N\O. The van der Waals surface area contributed by atoms with Crippen LogP contribution in [0.2, 0.25) is 0 Å². The number of rotatable bonds is 3. The number of benzene rings is 1. The van der Waals surface area contributed by atoms with Crippen molar-refractivity contribution < 1.29 is 23.2 Å². The summed E-state index contributed by atoms with van der Waals surface area (Å²) in [5, 5.41) is 12.9. The summed E-state index contributed by atoms with van der Waals surface area (Å²) in [6, 6.07) is 3.31. The van der Waals surface area contributed by atoms with E-state index in [1.807, 2.05) is 0 Å². The minimum atomic E-state index is -4.61. The third-order valence-corrected chi connectivity index (χ3v) is 2.52. The predicted molar refractivity (Wildman–Crippen MR) is 65.8 cm³/mol. The smallest absolute Gasteiger partial charge is 0.409 e. The second kappa shape index (κ2) is 5.91. The zero-order valence-corrected chi connectivity index (χ0v) is 10.9. The lowest BCUT2D eigenvalue weighted by Gasteiger charge is -2.14. The number of alkyl halides is 3. The highest BCUT2D eigenvalue weighted by Crippen LogP contribution is 2.36. The first-order valence-corrected chi connectivity index (χ1v) is 5.66. The van der Waals surface area contributed by atoms with Crippen molar-refractivity contribution >= 4 is 33.4 Å². The highest BCUT2D eigenvalue weighted by atomic mass is 79.9. The molecule has 1 amide bonds. The van der Waals surface area contributed by atoms with Crippen LogP contribution in [0.3, 0.4) is 0 Å². The molecule has 4 N–H and O–H groups in total. The molecule has 1 rings (SSSR count). The Morgan fingerprint density at radius 1 is 1.47 bits per heavy atom. The van der Waals surface area contributed by atoms with E-state index in [1.54, 1.807) is 0 Å². The molecule has 5 nitrogen and oxygen atoms in total. The highest BCUT2D eigenvalue weighted by Gasteiger charge is 2.34. The third-order valence-electron chi connectivity index (χ3n) is 2.03. The van der Waals surface area contributed by atoms with Crippen LogP contribution < -0.4 is 11.1 Å². The van der Waals surface area contributed by atoms with Gasteiger partial charge in [-0.1, -0.05) is 21.1 Å². The van der Waals surface area contributed by atoms with Gasteiger partial charge >= 0.3 is 6.18 Å². The van der Waals surface area contributed by atoms with Crippen LogP contribution in [0.15, 0.2) is 27.8 Å². The van der Waals surface area contributed by atoms with Crippen molar-refractivity contribution in [3.63, 3.8) is 0 Å². The van der Waals surface area contributed by atoms with E-state index in [9.17, 15) is 18.0 Å². The van der Waals surface area contributed by atoms with E-state index in [2.05, 4.69) is 26.4 Å². The molecule has 0 bridgehead atoms. The molecule has 0 heterocycles. The Hall–Kier alpha value is -1.77. The molecule has 0 unspecified atom stereocenters. The molecule has 0 saturated carbocycles. The van der Waals surface area contributed by atoms with E-state index in [1.165, 1.54) is 6.07 Å². The lowest BCUT2D eigenvalue weighted by atomic mass is 10.1. The number of amides is 1. The maximum Gasteiger partial charge on any atom is 0.418 e. The number of nitrogens with two attached hydrogens (primary N) is 1. The fourth-order valence-corrected chi connectivity index (χ4v) is 1.62. The van der Waals surface area contributed by atoms with Crippen molar-refractivity contribution in [2.24, 2.45) is 10.9 Å². The highest BCUT2D eigenvalue weighted by molar-refractivity contribution is 9.10. The summed E-state index contributed by atoms with van der Waals surface area (Å²) in [6.45, 7) is 0. The van der Waals surface area contributed by atoms with E-state index >= 15 is 0 Å². The van der Waals surface area contributed by atoms with Gasteiger partial charge in [0.15, 0.2) is 0 Å². The van der Waals surface area contributed by atoms with Gasteiger partial charge in [-0.05, 0) is 18.2 Å². The van der Waals surface area contributed by atoms with Gasteiger partial charge in [0.2, 0.25) is 5.91 Å². The molecule has 0 aliphatic carbocycles. The number of carbonyl (C=O) groups excluding carboxylic acids is 1. The van der Waals surface area contributed by atoms with Gasteiger partial charge in [-0.2, -0.15) is 13.2 Å². The van der Waals surface area contributed by atoms with Gasteiger partial charge in [-0.25, -0.2) is 0 Å². The number of hydrogen-bond acceptors (Lipinski definition) is 3. The summed E-state index contributed by atoms with van der Waals surface area (Å²) in [6.07, 6.45) is -5.12. The first kappa shape index (κ1) is 15.3. The van der Waals surface area contributed by atoms with Crippen LogP contribution >= 0.6 is 15.9 Å². The van der Waals surface area contributed by atoms with Crippen LogP contribution in [0.4, 0.5) is 18.9 Å². The molecule has 19 heavy (non-hydrogen) atoms. The molecule has 0 aliphatic rings. The van der Waals surface area contributed by atoms with Crippen molar-refractivity contribution in [2.75, 3.05) is 5.32 Å². The fourth-order valence-electron chi connectivity index (χ4n) is 1.25. The molecule has 0 radical (unpaired) electrons. The lowest BCUT2D eigenvalue weighted by Crippen LogP contribution is -2.23. The van der Waals surface area contributed by atoms with Gasteiger partial charge in [0.05, 0.1) is 17.7 Å². The molecule has 104 valence electrons. The van der Waals surface area contributed by atoms with Crippen molar-refractivity contribution in [3.05, 3.63) is 28.2 Å². The largest absolute Gasteiger partial charge is 0.418 e. The molecule has 0 spiro atoms. The van der Waals surface area contributed by atoms with Gasteiger partial charge in [0, 0.05) is 4.47 Å². The fraction of sp³-hybridized carbons (Fsp3) is 0.200.